The molecule has 0 saturated carbocycles. The highest BCUT2D eigenvalue weighted by Crippen LogP contribution is 2.23. The molecule has 0 radical (unpaired) electrons. The van der Waals surface area contributed by atoms with Gasteiger partial charge in [-0.1, -0.05) is 38.1 Å². The van der Waals surface area contributed by atoms with Gasteiger partial charge in [0.25, 0.3) is 11.8 Å². The highest BCUT2D eigenvalue weighted by molar-refractivity contribution is 6.09. The number of aryl methyl sites for hydroxylation is 1. The summed E-state index contributed by atoms with van der Waals surface area (Å²) in [5.74, 6) is -1.09. The van der Waals surface area contributed by atoms with Gasteiger partial charge in [0.05, 0.1) is 16.8 Å². The second-order valence-corrected chi connectivity index (χ2v) is 7.35. The van der Waals surface area contributed by atoms with Crippen LogP contribution in [0.1, 0.15) is 46.5 Å². The van der Waals surface area contributed by atoms with E-state index in [0.29, 0.717) is 30.1 Å². The van der Waals surface area contributed by atoms with E-state index in [2.05, 4.69) is 5.32 Å². The van der Waals surface area contributed by atoms with Crippen molar-refractivity contribution in [3.8, 4) is 0 Å². The smallest absolute Gasteiger partial charge is 0.258 e. The Kier molecular flexibility index (Phi) is 7.29. The summed E-state index contributed by atoms with van der Waals surface area (Å²) < 4.78 is 13.9. The molecule has 2 aromatic carbocycles. The first kappa shape index (κ1) is 21.6. The Labute approximate surface area is 165 Å². The fraction of sp³-hybridized carbons (Fsp3) is 0.364. The molecule has 5 nitrogen and oxygen atoms in total. The van der Waals surface area contributed by atoms with Crippen LogP contribution < -0.4 is 11.1 Å². The molecule has 2 aromatic rings. The average molecular weight is 385 g/mol. The third-order valence-corrected chi connectivity index (χ3v) is 4.86. The minimum Gasteiger partial charge on any atom is -0.342 e. The number of para-hydroxylation sites is 1. The molecule has 0 heterocycles. The number of carbonyl (C=O) groups is 2. The van der Waals surface area contributed by atoms with Crippen LogP contribution in [0.25, 0.3) is 0 Å². The standard InChI is InChI=1S/C22H28FN3O2/c1-14(2)19(24)12-13-26(4)22(28)17-10-7-8-15(3)20(17)25-21(27)16-9-5-6-11-18(16)23/h5-11,14,19H,12-13,24H2,1-4H3,(H,25,27). The summed E-state index contributed by atoms with van der Waals surface area (Å²) in [6.07, 6.45) is 0.683. The summed E-state index contributed by atoms with van der Waals surface area (Å²) in [6.45, 7) is 6.39. The van der Waals surface area contributed by atoms with Crippen molar-refractivity contribution >= 4 is 17.5 Å². The minimum absolute atomic E-state index is 0.00740. The van der Waals surface area contributed by atoms with Crippen LogP contribution in [-0.4, -0.2) is 36.3 Å². The fourth-order valence-electron chi connectivity index (χ4n) is 2.82. The number of nitrogens with two attached hydrogens (primary N) is 1. The molecule has 2 amide bonds. The number of amides is 2. The van der Waals surface area contributed by atoms with Crippen LogP contribution in [0.4, 0.5) is 10.1 Å². The van der Waals surface area contributed by atoms with Gasteiger partial charge in [-0.3, -0.25) is 9.59 Å². The van der Waals surface area contributed by atoms with Crippen molar-refractivity contribution in [3.05, 3.63) is 65.0 Å². The number of hydrogen-bond acceptors (Lipinski definition) is 3. The van der Waals surface area contributed by atoms with Gasteiger partial charge in [-0.25, -0.2) is 4.39 Å². The second-order valence-electron chi connectivity index (χ2n) is 7.35. The molecule has 0 fully saturated rings. The predicted molar refractivity (Wildman–Crippen MR) is 110 cm³/mol. The summed E-state index contributed by atoms with van der Waals surface area (Å²) in [5, 5.41) is 2.70. The van der Waals surface area contributed by atoms with Crippen molar-refractivity contribution in [1.29, 1.82) is 0 Å². The van der Waals surface area contributed by atoms with Gasteiger partial charge in [0.2, 0.25) is 0 Å². The zero-order valence-corrected chi connectivity index (χ0v) is 16.8. The molecule has 0 aliphatic rings. The first-order valence-corrected chi connectivity index (χ1v) is 9.39. The van der Waals surface area contributed by atoms with Gasteiger partial charge in [-0.05, 0) is 43.0 Å². The van der Waals surface area contributed by atoms with Crippen LogP contribution in [0.2, 0.25) is 0 Å². The van der Waals surface area contributed by atoms with Crippen LogP contribution in [0.3, 0.4) is 0 Å². The zero-order valence-electron chi connectivity index (χ0n) is 16.8. The molecular formula is C22H28FN3O2. The predicted octanol–water partition coefficient (Wildman–Crippen LogP) is 3.83. The van der Waals surface area contributed by atoms with Crippen molar-refractivity contribution in [1.82, 2.24) is 4.90 Å². The number of carbonyl (C=O) groups excluding carboxylic acids is 2. The first-order valence-electron chi connectivity index (χ1n) is 9.39. The Balaban J connectivity index is 2.22. The molecule has 0 bridgehead atoms. The Morgan fingerprint density at radius 3 is 2.39 bits per heavy atom. The molecule has 0 aliphatic carbocycles. The van der Waals surface area contributed by atoms with E-state index in [1.54, 1.807) is 43.1 Å². The Morgan fingerprint density at radius 2 is 1.75 bits per heavy atom. The van der Waals surface area contributed by atoms with E-state index in [1.807, 2.05) is 13.8 Å². The van der Waals surface area contributed by atoms with Crippen molar-refractivity contribution in [2.24, 2.45) is 11.7 Å². The van der Waals surface area contributed by atoms with Gasteiger partial charge >= 0.3 is 0 Å². The number of benzene rings is 2. The number of halogens is 1. The normalized spacial score (nSPS) is 12.0. The third-order valence-electron chi connectivity index (χ3n) is 4.86. The van der Waals surface area contributed by atoms with Gasteiger partial charge in [0.1, 0.15) is 5.82 Å². The SMILES string of the molecule is Cc1cccc(C(=O)N(C)CCC(N)C(C)C)c1NC(=O)c1ccccc1F. The summed E-state index contributed by atoms with van der Waals surface area (Å²) in [7, 11) is 1.71. The molecule has 3 N–H and O–H groups in total. The van der Waals surface area contributed by atoms with Crippen molar-refractivity contribution in [3.63, 3.8) is 0 Å². The van der Waals surface area contributed by atoms with Gasteiger partial charge in [-0.15, -0.1) is 0 Å². The largest absolute Gasteiger partial charge is 0.342 e. The Morgan fingerprint density at radius 1 is 1.11 bits per heavy atom. The van der Waals surface area contributed by atoms with E-state index in [0.717, 1.165) is 5.56 Å². The topological polar surface area (TPSA) is 75.4 Å². The van der Waals surface area contributed by atoms with E-state index in [1.165, 1.54) is 18.2 Å². The maximum atomic E-state index is 13.9. The highest BCUT2D eigenvalue weighted by Gasteiger charge is 2.21. The molecule has 150 valence electrons. The monoisotopic (exact) mass is 385 g/mol. The van der Waals surface area contributed by atoms with Gasteiger partial charge in [0, 0.05) is 19.6 Å². The van der Waals surface area contributed by atoms with E-state index in [4.69, 9.17) is 5.73 Å². The number of nitrogens with one attached hydrogen (secondary N) is 1. The molecule has 0 saturated heterocycles. The minimum atomic E-state index is -0.610. The van der Waals surface area contributed by atoms with E-state index in [9.17, 15) is 14.0 Å². The fourth-order valence-corrected chi connectivity index (χ4v) is 2.82. The maximum absolute atomic E-state index is 13.9. The quantitative estimate of drug-likeness (QED) is 0.760. The van der Waals surface area contributed by atoms with Crippen LogP contribution in [0.5, 0.6) is 0 Å². The molecule has 0 spiro atoms. The zero-order chi connectivity index (χ0) is 20.8. The molecular weight excluding hydrogens is 357 g/mol. The molecule has 28 heavy (non-hydrogen) atoms. The van der Waals surface area contributed by atoms with Gasteiger partial charge in [-0.2, -0.15) is 0 Å². The lowest BCUT2D eigenvalue weighted by Crippen LogP contribution is -2.35. The number of rotatable bonds is 7. The van der Waals surface area contributed by atoms with Crippen LogP contribution >= 0.6 is 0 Å². The number of nitrogens with zero attached hydrogens (tertiary/aromatic N) is 1. The van der Waals surface area contributed by atoms with Crippen LogP contribution in [0.15, 0.2) is 42.5 Å². The van der Waals surface area contributed by atoms with Crippen LogP contribution in [0, 0.1) is 18.7 Å². The second kappa shape index (κ2) is 9.46. The Bertz CT molecular complexity index is 851. The van der Waals surface area contributed by atoms with Gasteiger partial charge < -0.3 is 16.0 Å². The summed E-state index contributed by atoms with van der Waals surface area (Å²) in [4.78, 5) is 27.1. The summed E-state index contributed by atoms with van der Waals surface area (Å²) in [5.41, 5.74) is 7.48. The van der Waals surface area contributed by atoms with Crippen LogP contribution in [-0.2, 0) is 0 Å². The molecule has 2 rings (SSSR count). The molecule has 6 heteroatoms. The maximum Gasteiger partial charge on any atom is 0.258 e. The first-order chi connectivity index (χ1) is 13.2. The number of hydrogen-bond donors (Lipinski definition) is 2. The molecule has 0 aromatic heterocycles. The Hall–Kier alpha value is -2.73. The van der Waals surface area contributed by atoms with E-state index >= 15 is 0 Å². The van der Waals surface area contributed by atoms with Gasteiger partial charge in [0.15, 0.2) is 0 Å². The van der Waals surface area contributed by atoms with Crippen molar-refractivity contribution < 1.29 is 14.0 Å². The summed E-state index contributed by atoms with van der Waals surface area (Å²) in [6, 6.07) is 11.0. The average Bonchev–Trinajstić information content (AvgIpc) is 2.66. The van der Waals surface area contributed by atoms with Crippen molar-refractivity contribution in [2.45, 2.75) is 33.2 Å². The molecule has 1 unspecified atom stereocenters. The lowest BCUT2D eigenvalue weighted by atomic mass is 10.0. The lowest BCUT2D eigenvalue weighted by molar-refractivity contribution is 0.0790. The summed E-state index contributed by atoms with van der Waals surface area (Å²) >= 11 is 0. The van der Waals surface area contributed by atoms with Crippen molar-refractivity contribution in [2.75, 3.05) is 18.9 Å². The molecule has 0 aliphatic heterocycles. The molecule has 1 atom stereocenters. The third kappa shape index (κ3) is 5.16. The number of anilines is 1. The van der Waals surface area contributed by atoms with E-state index in [-0.39, 0.29) is 17.5 Å². The highest BCUT2D eigenvalue weighted by atomic mass is 19.1. The lowest BCUT2D eigenvalue weighted by Gasteiger charge is -2.23. The van der Waals surface area contributed by atoms with E-state index < -0.39 is 11.7 Å².